The fourth-order valence-electron chi connectivity index (χ4n) is 1.40. The summed E-state index contributed by atoms with van der Waals surface area (Å²) in [5, 5.41) is 3.35. The van der Waals surface area contributed by atoms with Crippen molar-refractivity contribution in [3.8, 4) is 0 Å². The molecule has 0 heterocycles. The zero-order chi connectivity index (χ0) is 10.8. The van der Waals surface area contributed by atoms with Gasteiger partial charge in [0.15, 0.2) is 0 Å². The van der Waals surface area contributed by atoms with Gasteiger partial charge in [0.2, 0.25) is 0 Å². The van der Waals surface area contributed by atoms with Crippen molar-refractivity contribution in [3.05, 3.63) is 12.3 Å². The molecule has 0 radical (unpaired) electrons. The van der Waals surface area contributed by atoms with E-state index in [-0.39, 0.29) is 0 Å². The number of aliphatic imine (C=N–C) groups is 1. The van der Waals surface area contributed by atoms with E-state index in [2.05, 4.69) is 30.7 Å². The minimum Gasteiger partial charge on any atom is -0.387 e. The third kappa shape index (κ3) is 6.70. The summed E-state index contributed by atoms with van der Waals surface area (Å²) < 4.78 is 0. The molecule has 0 fully saturated rings. The third-order valence-corrected chi connectivity index (χ3v) is 2.38. The summed E-state index contributed by atoms with van der Waals surface area (Å²) in [4.78, 5) is 4.13. The summed E-state index contributed by atoms with van der Waals surface area (Å²) in [7, 11) is 0. The molecule has 0 saturated carbocycles. The highest BCUT2D eigenvalue weighted by Gasteiger charge is 2.04. The molecule has 0 aromatic rings. The van der Waals surface area contributed by atoms with Crippen LogP contribution in [0.3, 0.4) is 0 Å². The maximum atomic E-state index is 4.13. The van der Waals surface area contributed by atoms with Crippen LogP contribution in [0.15, 0.2) is 17.3 Å². The van der Waals surface area contributed by atoms with Crippen molar-refractivity contribution >= 4 is 6.21 Å². The topological polar surface area (TPSA) is 24.4 Å². The Morgan fingerprint density at radius 1 is 1.50 bits per heavy atom. The third-order valence-electron chi connectivity index (χ3n) is 2.38. The average Bonchev–Trinajstić information content (AvgIpc) is 2.21. The van der Waals surface area contributed by atoms with E-state index in [9.17, 15) is 0 Å². The SMILES string of the molecule is C=C(CN=CC)NCC(CC)CCC. The van der Waals surface area contributed by atoms with Crippen LogP contribution in [0.25, 0.3) is 0 Å². The molecular formula is C12H24N2. The van der Waals surface area contributed by atoms with Gasteiger partial charge in [-0.1, -0.05) is 33.3 Å². The van der Waals surface area contributed by atoms with Gasteiger partial charge in [-0.15, -0.1) is 0 Å². The van der Waals surface area contributed by atoms with E-state index >= 15 is 0 Å². The standard InChI is InChI=1S/C12H24N2/c1-5-8-12(6-2)10-14-11(4)9-13-7-3/h7,12,14H,4-6,8-10H2,1-3H3. The van der Waals surface area contributed by atoms with E-state index in [0.29, 0.717) is 6.54 Å². The van der Waals surface area contributed by atoms with Gasteiger partial charge < -0.3 is 5.32 Å². The molecule has 0 saturated heterocycles. The average molecular weight is 196 g/mol. The highest BCUT2D eigenvalue weighted by molar-refractivity contribution is 5.53. The molecule has 0 aliphatic heterocycles. The highest BCUT2D eigenvalue weighted by Crippen LogP contribution is 2.09. The molecule has 0 bridgehead atoms. The maximum absolute atomic E-state index is 4.13. The minimum absolute atomic E-state index is 0.707. The first-order valence-corrected chi connectivity index (χ1v) is 5.60. The lowest BCUT2D eigenvalue weighted by atomic mass is 10.0. The van der Waals surface area contributed by atoms with Crippen molar-refractivity contribution in [1.29, 1.82) is 0 Å². The van der Waals surface area contributed by atoms with Gasteiger partial charge in [-0.05, 0) is 25.5 Å². The van der Waals surface area contributed by atoms with Crippen molar-refractivity contribution in [2.24, 2.45) is 10.9 Å². The van der Waals surface area contributed by atoms with Crippen LogP contribution >= 0.6 is 0 Å². The van der Waals surface area contributed by atoms with E-state index in [1.54, 1.807) is 0 Å². The molecule has 1 unspecified atom stereocenters. The van der Waals surface area contributed by atoms with E-state index in [1.165, 1.54) is 19.3 Å². The largest absolute Gasteiger partial charge is 0.387 e. The number of rotatable bonds is 8. The number of hydrogen-bond acceptors (Lipinski definition) is 2. The molecule has 2 nitrogen and oxygen atoms in total. The van der Waals surface area contributed by atoms with E-state index in [0.717, 1.165) is 18.2 Å². The van der Waals surface area contributed by atoms with Gasteiger partial charge in [0, 0.05) is 12.2 Å². The monoisotopic (exact) mass is 196 g/mol. The Hall–Kier alpha value is -0.790. The summed E-state index contributed by atoms with van der Waals surface area (Å²) in [5.41, 5.74) is 1.03. The normalized spacial score (nSPS) is 13.1. The predicted molar refractivity (Wildman–Crippen MR) is 64.9 cm³/mol. The smallest absolute Gasteiger partial charge is 0.0776 e. The van der Waals surface area contributed by atoms with E-state index in [1.807, 2.05) is 13.1 Å². The number of hydrogen-bond donors (Lipinski definition) is 1. The second kappa shape index (κ2) is 8.79. The molecule has 14 heavy (non-hydrogen) atoms. The van der Waals surface area contributed by atoms with Crippen LogP contribution in [-0.4, -0.2) is 19.3 Å². The Balaban J connectivity index is 3.62. The molecule has 0 aromatic heterocycles. The molecule has 2 heteroatoms. The van der Waals surface area contributed by atoms with Crippen molar-refractivity contribution in [2.75, 3.05) is 13.1 Å². The zero-order valence-electron chi connectivity index (χ0n) is 9.84. The first-order valence-electron chi connectivity index (χ1n) is 5.60. The summed E-state index contributed by atoms with van der Waals surface area (Å²) >= 11 is 0. The van der Waals surface area contributed by atoms with E-state index in [4.69, 9.17) is 0 Å². The number of nitrogens with one attached hydrogen (secondary N) is 1. The van der Waals surface area contributed by atoms with Crippen LogP contribution in [0.1, 0.15) is 40.0 Å². The van der Waals surface area contributed by atoms with Gasteiger partial charge in [0.1, 0.15) is 0 Å². The minimum atomic E-state index is 0.707. The Morgan fingerprint density at radius 3 is 2.71 bits per heavy atom. The summed E-state index contributed by atoms with van der Waals surface area (Å²) in [6.45, 7) is 12.1. The predicted octanol–water partition coefficient (Wildman–Crippen LogP) is 3.01. The van der Waals surface area contributed by atoms with Gasteiger partial charge in [0.25, 0.3) is 0 Å². The molecule has 0 aromatic carbocycles. The molecule has 0 spiro atoms. The second-order valence-corrected chi connectivity index (χ2v) is 3.65. The van der Waals surface area contributed by atoms with Crippen molar-refractivity contribution < 1.29 is 0 Å². The van der Waals surface area contributed by atoms with Crippen molar-refractivity contribution in [2.45, 2.75) is 40.0 Å². The molecule has 1 N–H and O–H groups in total. The number of nitrogens with zero attached hydrogens (tertiary/aromatic N) is 1. The Labute approximate surface area is 88.5 Å². The fraction of sp³-hybridized carbons (Fsp3) is 0.750. The maximum Gasteiger partial charge on any atom is 0.0776 e. The lowest BCUT2D eigenvalue weighted by molar-refractivity contribution is 0.446. The van der Waals surface area contributed by atoms with E-state index < -0.39 is 0 Å². The Kier molecular flexibility index (Phi) is 8.30. The lowest BCUT2D eigenvalue weighted by Crippen LogP contribution is -2.22. The van der Waals surface area contributed by atoms with Gasteiger partial charge >= 0.3 is 0 Å². The zero-order valence-corrected chi connectivity index (χ0v) is 9.84. The van der Waals surface area contributed by atoms with Crippen LogP contribution in [-0.2, 0) is 0 Å². The van der Waals surface area contributed by atoms with Gasteiger partial charge in [0.05, 0.1) is 6.54 Å². The summed E-state index contributed by atoms with van der Waals surface area (Å²) in [5.74, 6) is 0.780. The van der Waals surface area contributed by atoms with Crippen LogP contribution in [0.2, 0.25) is 0 Å². The summed E-state index contributed by atoms with van der Waals surface area (Å²) in [6, 6.07) is 0. The highest BCUT2D eigenvalue weighted by atomic mass is 14.9. The Morgan fingerprint density at radius 2 is 2.21 bits per heavy atom. The second-order valence-electron chi connectivity index (χ2n) is 3.65. The fourth-order valence-corrected chi connectivity index (χ4v) is 1.40. The van der Waals surface area contributed by atoms with Crippen molar-refractivity contribution in [1.82, 2.24) is 5.32 Å². The van der Waals surface area contributed by atoms with Crippen molar-refractivity contribution in [3.63, 3.8) is 0 Å². The van der Waals surface area contributed by atoms with Crippen LogP contribution < -0.4 is 5.32 Å². The summed E-state index contributed by atoms with van der Waals surface area (Å²) in [6.07, 6.45) is 5.62. The van der Waals surface area contributed by atoms with Gasteiger partial charge in [-0.2, -0.15) is 0 Å². The Bertz CT molecular complexity index is 173. The molecule has 82 valence electrons. The first kappa shape index (κ1) is 13.2. The molecule has 0 aliphatic carbocycles. The molecule has 0 amide bonds. The lowest BCUT2D eigenvalue weighted by Gasteiger charge is -2.16. The molecule has 0 aliphatic rings. The quantitative estimate of drug-likeness (QED) is 0.593. The van der Waals surface area contributed by atoms with Crippen LogP contribution in [0.5, 0.6) is 0 Å². The van der Waals surface area contributed by atoms with Crippen LogP contribution in [0.4, 0.5) is 0 Å². The first-order chi connectivity index (χ1) is 6.74. The molecular weight excluding hydrogens is 172 g/mol. The van der Waals surface area contributed by atoms with Gasteiger partial charge in [-0.25, -0.2) is 0 Å². The molecule has 1 atom stereocenters. The van der Waals surface area contributed by atoms with Gasteiger partial charge in [-0.3, -0.25) is 4.99 Å². The van der Waals surface area contributed by atoms with Crippen LogP contribution in [0, 0.1) is 5.92 Å². The molecule has 0 rings (SSSR count).